The number of amides is 1. The Bertz CT molecular complexity index is 997. The van der Waals surface area contributed by atoms with Crippen LogP contribution in [0.1, 0.15) is 16.1 Å². The third kappa shape index (κ3) is 2.13. The first-order chi connectivity index (χ1) is 10.7. The summed E-state index contributed by atoms with van der Waals surface area (Å²) >= 11 is 0. The quantitative estimate of drug-likeness (QED) is 0.589. The highest BCUT2D eigenvalue weighted by molar-refractivity contribution is 6.05. The molecule has 4 aromatic rings. The summed E-state index contributed by atoms with van der Waals surface area (Å²) in [5, 5.41) is 11.6. The van der Waals surface area contributed by atoms with Gasteiger partial charge >= 0.3 is 0 Å². The lowest BCUT2D eigenvalue weighted by molar-refractivity contribution is 0.0998. The van der Waals surface area contributed by atoms with Gasteiger partial charge in [-0.05, 0) is 42.8 Å². The Labute approximate surface area is 125 Å². The number of carbonyl (C=O) groups excluding carboxylic acids is 1. The van der Waals surface area contributed by atoms with Crippen LogP contribution in [0.15, 0.2) is 53.1 Å². The fourth-order valence-corrected chi connectivity index (χ4v) is 2.46. The van der Waals surface area contributed by atoms with Crippen molar-refractivity contribution in [3.63, 3.8) is 0 Å². The lowest BCUT2D eigenvalue weighted by Gasteiger charge is -2.02. The molecule has 0 spiro atoms. The molecule has 4 rings (SSSR count). The number of hydrogen-bond donors (Lipinski definition) is 2. The molecule has 2 heterocycles. The predicted octanol–water partition coefficient (Wildman–Crippen LogP) is 3.87. The second-order valence-electron chi connectivity index (χ2n) is 5.28. The number of H-pyrrole nitrogens is 1. The second kappa shape index (κ2) is 4.73. The highest BCUT2D eigenvalue weighted by Crippen LogP contribution is 2.22. The maximum absolute atomic E-state index is 12.3. The number of anilines is 1. The molecule has 2 aromatic carbocycles. The zero-order valence-electron chi connectivity index (χ0n) is 11.9. The lowest BCUT2D eigenvalue weighted by Crippen LogP contribution is -2.10. The van der Waals surface area contributed by atoms with Crippen LogP contribution in [-0.2, 0) is 0 Å². The summed E-state index contributed by atoms with van der Waals surface area (Å²) in [5.74, 6) is 0.0260. The number of aryl methyl sites for hydroxylation is 1. The second-order valence-corrected chi connectivity index (χ2v) is 5.28. The molecule has 0 atom stereocenters. The van der Waals surface area contributed by atoms with Crippen molar-refractivity contribution in [3.05, 3.63) is 60.0 Å². The van der Waals surface area contributed by atoms with Crippen molar-refractivity contribution in [3.8, 4) is 0 Å². The van der Waals surface area contributed by atoms with Gasteiger partial charge < -0.3 is 9.73 Å². The van der Waals surface area contributed by atoms with Crippen LogP contribution < -0.4 is 5.32 Å². The van der Waals surface area contributed by atoms with Crippen LogP contribution in [0.4, 0.5) is 5.69 Å². The number of benzene rings is 2. The molecule has 0 fully saturated rings. The van der Waals surface area contributed by atoms with Crippen LogP contribution in [0, 0.1) is 6.92 Å². The van der Waals surface area contributed by atoms with E-state index in [0.29, 0.717) is 17.0 Å². The van der Waals surface area contributed by atoms with Crippen molar-refractivity contribution in [2.24, 2.45) is 0 Å². The van der Waals surface area contributed by atoms with E-state index in [1.807, 2.05) is 43.3 Å². The first kappa shape index (κ1) is 12.6. The van der Waals surface area contributed by atoms with E-state index in [4.69, 9.17) is 4.42 Å². The van der Waals surface area contributed by atoms with Crippen LogP contribution in [-0.4, -0.2) is 16.1 Å². The number of nitrogens with one attached hydrogen (secondary N) is 2. The minimum absolute atomic E-state index is 0.271. The fraction of sp³-hybridized carbons (Fsp3) is 0.0588. The zero-order valence-corrected chi connectivity index (χ0v) is 11.9. The van der Waals surface area contributed by atoms with Gasteiger partial charge in [-0.25, -0.2) is 0 Å². The molecular formula is C17H13N3O2. The highest BCUT2D eigenvalue weighted by Gasteiger charge is 2.13. The third-order valence-electron chi connectivity index (χ3n) is 3.60. The van der Waals surface area contributed by atoms with Crippen molar-refractivity contribution >= 4 is 33.5 Å². The number of nitrogens with zero attached hydrogens (tertiary/aromatic N) is 1. The molecule has 0 bridgehead atoms. The number of rotatable bonds is 2. The van der Waals surface area contributed by atoms with Gasteiger partial charge in [-0.15, -0.1) is 0 Å². The smallest absolute Gasteiger partial charge is 0.291 e. The van der Waals surface area contributed by atoms with Gasteiger partial charge in [0.15, 0.2) is 5.76 Å². The predicted molar refractivity (Wildman–Crippen MR) is 85.0 cm³/mol. The van der Waals surface area contributed by atoms with Gasteiger partial charge in [0.1, 0.15) is 5.58 Å². The van der Waals surface area contributed by atoms with Gasteiger partial charge in [0.05, 0.1) is 11.7 Å². The van der Waals surface area contributed by atoms with Crippen molar-refractivity contribution in [2.45, 2.75) is 6.92 Å². The highest BCUT2D eigenvalue weighted by atomic mass is 16.3. The Morgan fingerprint density at radius 1 is 1.14 bits per heavy atom. The van der Waals surface area contributed by atoms with Crippen molar-refractivity contribution in [2.75, 3.05) is 5.32 Å². The summed E-state index contributed by atoms with van der Waals surface area (Å²) in [7, 11) is 0. The molecule has 1 amide bonds. The molecule has 0 radical (unpaired) electrons. The number of hydrogen-bond acceptors (Lipinski definition) is 3. The van der Waals surface area contributed by atoms with Gasteiger partial charge in [0.25, 0.3) is 5.91 Å². The van der Waals surface area contributed by atoms with E-state index in [1.165, 1.54) is 0 Å². The molecule has 0 saturated heterocycles. The number of aromatic nitrogens is 2. The zero-order chi connectivity index (χ0) is 15.1. The summed E-state index contributed by atoms with van der Waals surface area (Å²) in [6, 6.07) is 13.2. The number of fused-ring (bicyclic) bond motifs is 2. The molecule has 5 heteroatoms. The van der Waals surface area contributed by atoms with Gasteiger partial charge in [-0.3, -0.25) is 9.89 Å². The topological polar surface area (TPSA) is 70.9 Å². The van der Waals surface area contributed by atoms with E-state index in [9.17, 15) is 4.79 Å². The molecular weight excluding hydrogens is 278 g/mol. The van der Waals surface area contributed by atoms with E-state index < -0.39 is 0 Å². The average Bonchev–Trinajstić information content (AvgIpc) is 3.12. The van der Waals surface area contributed by atoms with Crippen LogP contribution in [0.3, 0.4) is 0 Å². The SMILES string of the molecule is Cc1ccc2cc(C(=O)Nc3ccc4cn[nH]c4c3)oc2c1. The van der Waals surface area contributed by atoms with Crippen LogP contribution >= 0.6 is 0 Å². The van der Waals surface area contributed by atoms with E-state index in [2.05, 4.69) is 15.5 Å². The Morgan fingerprint density at radius 3 is 2.91 bits per heavy atom. The van der Waals surface area contributed by atoms with E-state index >= 15 is 0 Å². The van der Waals surface area contributed by atoms with Crippen LogP contribution in [0.25, 0.3) is 21.9 Å². The van der Waals surface area contributed by atoms with Gasteiger partial charge in [-0.2, -0.15) is 5.10 Å². The summed E-state index contributed by atoms with van der Waals surface area (Å²) in [6.07, 6.45) is 1.74. The average molecular weight is 291 g/mol. The maximum Gasteiger partial charge on any atom is 0.291 e. The fourth-order valence-electron chi connectivity index (χ4n) is 2.46. The normalized spacial score (nSPS) is 11.1. The van der Waals surface area contributed by atoms with Crippen molar-refractivity contribution in [1.82, 2.24) is 10.2 Å². The number of carbonyl (C=O) groups is 1. The molecule has 0 unspecified atom stereocenters. The maximum atomic E-state index is 12.3. The summed E-state index contributed by atoms with van der Waals surface area (Å²) in [4.78, 5) is 12.3. The molecule has 0 aliphatic heterocycles. The van der Waals surface area contributed by atoms with Crippen LogP contribution in [0.2, 0.25) is 0 Å². The Kier molecular flexibility index (Phi) is 2.72. The molecule has 0 saturated carbocycles. The molecule has 2 aromatic heterocycles. The molecule has 5 nitrogen and oxygen atoms in total. The molecule has 0 aliphatic carbocycles. The lowest BCUT2D eigenvalue weighted by atomic mass is 10.2. The Balaban J connectivity index is 1.64. The molecule has 0 aliphatic rings. The standard InChI is InChI=1S/C17H13N3O2/c1-10-2-3-11-7-16(22-15(11)6-10)17(21)19-13-5-4-12-9-18-20-14(12)8-13/h2-9H,1H3,(H,18,20)(H,19,21). The van der Waals surface area contributed by atoms with Crippen LogP contribution in [0.5, 0.6) is 0 Å². The minimum Gasteiger partial charge on any atom is -0.451 e. The Morgan fingerprint density at radius 2 is 2.00 bits per heavy atom. The number of furan rings is 1. The molecule has 108 valence electrons. The van der Waals surface area contributed by atoms with Gasteiger partial charge in [0.2, 0.25) is 0 Å². The summed E-state index contributed by atoms with van der Waals surface area (Å²) in [6.45, 7) is 1.99. The first-order valence-corrected chi connectivity index (χ1v) is 6.94. The monoisotopic (exact) mass is 291 g/mol. The van der Waals surface area contributed by atoms with Gasteiger partial charge in [-0.1, -0.05) is 12.1 Å². The van der Waals surface area contributed by atoms with Gasteiger partial charge in [0, 0.05) is 16.5 Å². The first-order valence-electron chi connectivity index (χ1n) is 6.94. The van der Waals surface area contributed by atoms with E-state index in [-0.39, 0.29) is 5.91 Å². The Hall–Kier alpha value is -3.08. The molecule has 22 heavy (non-hydrogen) atoms. The minimum atomic E-state index is -0.271. The largest absolute Gasteiger partial charge is 0.451 e. The summed E-state index contributed by atoms with van der Waals surface area (Å²) in [5.41, 5.74) is 3.38. The summed E-state index contributed by atoms with van der Waals surface area (Å²) < 4.78 is 5.62. The van der Waals surface area contributed by atoms with Crippen molar-refractivity contribution < 1.29 is 9.21 Å². The van der Waals surface area contributed by atoms with Crippen molar-refractivity contribution in [1.29, 1.82) is 0 Å². The third-order valence-corrected chi connectivity index (χ3v) is 3.60. The number of aromatic amines is 1. The van der Waals surface area contributed by atoms with E-state index in [1.54, 1.807) is 12.3 Å². The van der Waals surface area contributed by atoms with E-state index in [0.717, 1.165) is 21.9 Å². The molecule has 2 N–H and O–H groups in total.